The van der Waals surface area contributed by atoms with E-state index in [0.717, 1.165) is 10.5 Å². The second-order valence-electron chi connectivity index (χ2n) is 4.03. The normalized spacial score (nSPS) is 18.3. The van der Waals surface area contributed by atoms with Crippen molar-refractivity contribution in [2.45, 2.75) is 19.4 Å². The molecule has 1 aliphatic rings. The van der Waals surface area contributed by atoms with E-state index in [1.807, 2.05) is 6.07 Å². The van der Waals surface area contributed by atoms with E-state index >= 15 is 0 Å². The van der Waals surface area contributed by atoms with E-state index in [9.17, 15) is 9.59 Å². The number of carbonyl (C=O) groups excluding carboxylic acids is 2. The first kappa shape index (κ1) is 12.9. The molecule has 0 saturated carbocycles. The van der Waals surface area contributed by atoms with Crippen LogP contribution in [0.2, 0.25) is 0 Å². The van der Waals surface area contributed by atoms with Crippen LogP contribution in [0.4, 0.5) is 10.5 Å². The molecule has 1 aromatic rings. The molecule has 2 N–H and O–H groups in total. The number of amides is 2. The number of hydrogen-bond donors (Lipinski definition) is 1. The monoisotopic (exact) mass is 268 g/mol. The lowest BCUT2D eigenvalue weighted by Gasteiger charge is -2.30. The quantitative estimate of drug-likeness (QED) is 0.654. The largest absolute Gasteiger partial charge is 0.479 e. The highest BCUT2D eigenvalue weighted by molar-refractivity contribution is 6.68. The Morgan fingerprint density at radius 1 is 1.56 bits per heavy atom. The van der Waals surface area contributed by atoms with Crippen molar-refractivity contribution < 1.29 is 14.3 Å². The second kappa shape index (κ2) is 4.96. The topological polar surface area (TPSA) is 72.6 Å². The number of nitrogens with zero attached hydrogens (tertiary/aromatic N) is 1. The predicted molar refractivity (Wildman–Crippen MR) is 68.0 cm³/mol. The third kappa shape index (κ3) is 2.19. The number of carbonyl (C=O) groups is 2. The Morgan fingerprint density at radius 3 is 2.89 bits per heavy atom. The van der Waals surface area contributed by atoms with Gasteiger partial charge in [-0.1, -0.05) is 6.07 Å². The fraction of sp³-hybridized carbons (Fsp3) is 0.333. The maximum Gasteiger partial charge on any atom is 0.327 e. The van der Waals surface area contributed by atoms with Crippen molar-refractivity contribution in [3.8, 4) is 5.75 Å². The lowest BCUT2D eigenvalue weighted by Crippen LogP contribution is -2.45. The molecule has 0 aromatic heterocycles. The van der Waals surface area contributed by atoms with E-state index in [4.69, 9.17) is 22.1 Å². The van der Waals surface area contributed by atoms with Crippen LogP contribution in [-0.4, -0.2) is 23.9 Å². The number of fused-ring (bicyclic) bond motifs is 1. The van der Waals surface area contributed by atoms with Gasteiger partial charge in [0, 0.05) is 0 Å². The maximum atomic E-state index is 11.9. The second-order valence-corrected chi connectivity index (χ2v) is 4.35. The van der Waals surface area contributed by atoms with Crippen LogP contribution in [0.3, 0.4) is 0 Å². The molecule has 0 radical (unpaired) electrons. The molecule has 5 nitrogen and oxygen atoms in total. The van der Waals surface area contributed by atoms with Crippen LogP contribution >= 0.6 is 11.6 Å². The summed E-state index contributed by atoms with van der Waals surface area (Å²) in [5, 5.41) is -0.832. The Kier molecular flexibility index (Phi) is 3.54. The molecule has 1 atom stereocenters. The molecule has 2 amide bonds. The zero-order valence-corrected chi connectivity index (χ0v) is 10.6. The smallest absolute Gasteiger partial charge is 0.327 e. The lowest BCUT2D eigenvalue weighted by atomic mass is 10.1. The van der Waals surface area contributed by atoms with Crippen LogP contribution in [-0.2, 0) is 11.2 Å². The molecule has 2 rings (SSSR count). The predicted octanol–water partition coefficient (Wildman–Crippen LogP) is 1.66. The van der Waals surface area contributed by atoms with E-state index in [1.54, 1.807) is 19.1 Å². The first-order valence-corrected chi connectivity index (χ1v) is 5.95. The highest BCUT2D eigenvalue weighted by Crippen LogP contribution is 2.35. The van der Waals surface area contributed by atoms with Gasteiger partial charge in [-0.3, -0.25) is 9.59 Å². The summed E-state index contributed by atoms with van der Waals surface area (Å²) in [6.45, 7) is 2.06. The molecule has 0 bridgehead atoms. The molecule has 0 saturated heterocycles. The van der Waals surface area contributed by atoms with Crippen LogP contribution < -0.4 is 15.4 Å². The number of rotatable bonds is 2. The van der Waals surface area contributed by atoms with Crippen molar-refractivity contribution >= 4 is 28.6 Å². The minimum atomic E-state index is -0.832. The average molecular weight is 269 g/mol. The minimum Gasteiger partial charge on any atom is -0.479 e. The van der Waals surface area contributed by atoms with Gasteiger partial charge in [-0.05, 0) is 49.2 Å². The van der Waals surface area contributed by atoms with Crippen molar-refractivity contribution in [3.63, 3.8) is 0 Å². The SMILES string of the molecule is CC1Oc2ccc(CCN)cc2N(C(=O)Cl)C1=O. The van der Waals surface area contributed by atoms with Gasteiger partial charge in [-0.15, -0.1) is 0 Å². The lowest BCUT2D eigenvalue weighted by molar-refractivity contribution is -0.124. The highest BCUT2D eigenvalue weighted by atomic mass is 35.5. The van der Waals surface area contributed by atoms with Crippen molar-refractivity contribution in [3.05, 3.63) is 23.8 Å². The number of anilines is 1. The fourth-order valence-corrected chi connectivity index (χ4v) is 2.06. The molecule has 1 unspecified atom stereocenters. The molecule has 6 heteroatoms. The number of imide groups is 1. The standard InChI is InChI=1S/C12H13ClN2O3/c1-7-11(16)15(12(13)17)9-6-8(4-5-14)2-3-10(9)18-7/h2-3,6-7H,4-5,14H2,1H3. The zero-order chi connectivity index (χ0) is 13.3. The molecular formula is C12H13ClN2O3. The Bertz CT molecular complexity index is 504. The summed E-state index contributed by atoms with van der Waals surface area (Å²) in [5.74, 6) is 0.00395. The maximum absolute atomic E-state index is 11.9. The van der Waals surface area contributed by atoms with Gasteiger partial charge in [0.15, 0.2) is 6.10 Å². The molecule has 0 fully saturated rings. The molecule has 18 heavy (non-hydrogen) atoms. The first-order valence-electron chi connectivity index (χ1n) is 5.57. The van der Waals surface area contributed by atoms with E-state index in [0.29, 0.717) is 24.4 Å². The molecule has 1 aromatic carbocycles. The van der Waals surface area contributed by atoms with Gasteiger partial charge in [-0.25, -0.2) is 4.90 Å². The Hall–Kier alpha value is -1.59. The molecule has 96 valence electrons. The first-order chi connectivity index (χ1) is 8.54. The molecule has 1 heterocycles. The number of hydrogen-bond acceptors (Lipinski definition) is 4. The van der Waals surface area contributed by atoms with Gasteiger partial charge in [0.25, 0.3) is 5.91 Å². The van der Waals surface area contributed by atoms with Crippen LogP contribution in [0.5, 0.6) is 5.75 Å². The Balaban J connectivity index is 2.48. The fourth-order valence-electron chi connectivity index (χ4n) is 1.88. The summed E-state index contributed by atoms with van der Waals surface area (Å²) in [5.41, 5.74) is 6.78. The Labute approximate surface area is 109 Å². The van der Waals surface area contributed by atoms with Gasteiger partial charge in [0.05, 0.1) is 5.69 Å². The van der Waals surface area contributed by atoms with Crippen LogP contribution in [0.1, 0.15) is 12.5 Å². The third-order valence-electron chi connectivity index (χ3n) is 2.74. The zero-order valence-electron chi connectivity index (χ0n) is 9.85. The summed E-state index contributed by atoms with van der Waals surface area (Å²) >= 11 is 5.46. The van der Waals surface area contributed by atoms with E-state index in [-0.39, 0.29) is 0 Å². The van der Waals surface area contributed by atoms with Crippen LogP contribution in [0.25, 0.3) is 0 Å². The summed E-state index contributed by atoms with van der Waals surface area (Å²) < 4.78 is 5.42. The van der Waals surface area contributed by atoms with Crippen LogP contribution in [0, 0.1) is 0 Å². The molecular weight excluding hydrogens is 256 g/mol. The highest BCUT2D eigenvalue weighted by Gasteiger charge is 2.35. The van der Waals surface area contributed by atoms with E-state index < -0.39 is 17.4 Å². The summed E-state index contributed by atoms with van der Waals surface area (Å²) in [6.07, 6.45) is -0.0676. The molecule has 0 aliphatic carbocycles. The third-order valence-corrected chi connectivity index (χ3v) is 2.91. The Morgan fingerprint density at radius 2 is 2.28 bits per heavy atom. The summed E-state index contributed by atoms with van der Waals surface area (Å²) in [7, 11) is 0. The summed E-state index contributed by atoms with van der Waals surface area (Å²) in [6, 6.07) is 5.27. The number of halogens is 1. The van der Waals surface area contributed by atoms with Crippen LogP contribution in [0.15, 0.2) is 18.2 Å². The number of benzene rings is 1. The van der Waals surface area contributed by atoms with Crippen molar-refractivity contribution in [2.75, 3.05) is 11.4 Å². The van der Waals surface area contributed by atoms with Gasteiger partial charge in [0.2, 0.25) is 0 Å². The van der Waals surface area contributed by atoms with Crippen molar-refractivity contribution in [1.29, 1.82) is 0 Å². The number of nitrogens with two attached hydrogens (primary N) is 1. The van der Waals surface area contributed by atoms with Gasteiger partial charge in [-0.2, -0.15) is 0 Å². The van der Waals surface area contributed by atoms with Crippen molar-refractivity contribution in [1.82, 2.24) is 0 Å². The van der Waals surface area contributed by atoms with Gasteiger partial charge < -0.3 is 10.5 Å². The molecule has 0 spiro atoms. The van der Waals surface area contributed by atoms with E-state index in [1.165, 1.54) is 0 Å². The van der Waals surface area contributed by atoms with Gasteiger partial charge >= 0.3 is 5.37 Å². The van der Waals surface area contributed by atoms with E-state index in [2.05, 4.69) is 0 Å². The minimum absolute atomic E-state index is 0.379. The number of ether oxygens (including phenoxy) is 1. The summed E-state index contributed by atoms with van der Waals surface area (Å²) in [4.78, 5) is 24.2. The van der Waals surface area contributed by atoms with Crippen molar-refractivity contribution in [2.24, 2.45) is 5.73 Å². The molecule has 1 aliphatic heterocycles. The average Bonchev–Trinajstić information content (AvgIpc) is 2.31. The van der Waals surface area contributed by atoms with Gasteiger partial charge in [0.1, 0.15) is 5.75 Å².